The molecule has 3 aromatic rings. The standard InChI is InChI=1S/C24H26N4O3/c1-2-25-23(30)20-16-28(18-10-4-3-5-11-18)26-22(20)17-9-8-14-27(15-17)24(31)19-12-6-7-13-21(19)29/h3-7,10-13,16-17,29H,2,8-9,14-15H2,1H3,(H,25,30)/t17-/m0/s1. The number of carbonyl (C=O) groups excluding carboxylic acids is 2. The highest BCUT2D eigenvalue weighted by Gasteiger charge is 2.31. The summed E-state index contributed by atoms with van der Waals surface area (Å²) in [6.07, 6.45) is 3.40. The van der Waals surface area contributed by atoms with Gasteiger partial charge in [0.25, 0.3) is 11.8 Å². The van der Waals surface area contributed by atoms with Gasteiger partial charge in [-0.05, 0) is 44.0 Å². The van der Waals surface area contributed by atoms with Gasteiger partial charge < -0.3 is 15.3 Å². The van der Waals surface area contributed by atoms with E-state index in [1.807, 2.05) is 37.3 Å². The lowest BCUT2D eigenvalue weighted by molar-refractivity contribution is 0.0702. The number of para-hydroxylation sites is 2. The Balaban J connectivity index is 1.64. The SMILES string of the molecule is CCNC(=O)c1cn(-c2ccccc2)nc1[C@H]1CCCN(C(=O)c2ccccc2O)C1. The van der Waals surface area contributed by atoms with Crippen LogP contribution in [-0.2, 0) is 0 Å². The largest absolute Gasteiger partial charge is 0.507 e. The van der Waals surface area contributed by atoms with Crippen molar-refractivity contribution in [2.24, 2.45) is 0 Å². The van der Waals surface area contributed by atoms with Crippen molar-refractivity contribution >= 4 is 11.8 Å². The van der Waals surface area contributed by atoms with Crippen LogP contribution >= 0.6 is 0 Å². The van der Waals surface area contributed by atoms with E-state index in [4.69, 9.17) is 5.10 Å². The maximum atomic E-state index is 13.0. The van der Waals surface area contributed by atoms with Crippen LogP contribution in [0, 0.1) is 0 Å². The van der Waals surface area contributed by atoms with Crippen LogP contribution < -0.4 is 5.32 Å². The van der Waals surface area contributed by atoms with Crippen molar-refractivity contribution in [1.29, 1.82) is 0 Å². The summed E-state index contributed by atoms with van der Waals surface area (Å²) in [5.74, 6) is -0.453. The van der Waals surface area contributed by atoms with Crippen molar-refractivity contribution in [3.8, 4) is 11.4 Å². The Bertz CT molecular complexity index is 1080. The first-order valence-electron chi connectivity index (χ1n) is 10.6. The molecule has 0 unspecified atom stereocenters. The monoisotopic (exact) mass is 418 g/mol. The molecular formula is C24H26N4O3. The number of likely N-dealkylation sites (tertiary alicyclic amines) is 1. The molecule has 0 aliphatic carbocycles. The van der Waals surface area contributed by atoms with E-state index in [1.165, 1.54) is 6.07 Å². The van der Waals surface area contributed by atoms with Crippen molar-refractivity contribution in [3.05, 3.63) is 77.6 Å². The van der Waals surface area contributed by atoms with Crippen molar-refractivity contribution < 1.29 is 14.7 Å². The number of nitrogens with one attached hydrogen (secondary N) is 1. The van der Waals surface area contributed by atoms with E-state index in [0.717, 1.165) is 18.5 Å². The highest BCUT2D eigenvalue weighted by molar-refractivity contribution is 5.97. The van der Waals surface area contributed by atoms with Gasteiger partial charge in [-0.1, -0.05) is 30.3 Å². The lowest BCUT2D eigenvalue weighted by Crippen LogP contribution is -2.39. The number of nitrogens with zero attached hydrogens (tertiary/aromatic N) is 3. The zero-order valence-electron chi connectivity index (χ0n) is 17.5. The average Bonchev–Trinajstić information content (AvgIpc) is 3.26. The van der Waals surface area contributed by atoms with Crippen LogP contribution in [0.15, 0.2) is 60.8 Å². The van der Waals surface area contributed by atoms with Gasteiger partial charge in [0.2, 0.25) is 0 Å². The molecule has 7 heteroatoms. The summed E-state index contributed by atoms with van der Waals surface area (Å²) in [6.45, 7) is 3.47. The van der Waals surface area contributed by atoms with Gasteiger partial charge in [-0.15, -0.1) is 0 Å². The fourth-order valence-electron chi connectivity index (χ4n) is 4.04. The molecule has 31 heavy (non-hydrogen) atoms. The quantitative estimate of drug-likeness (QED) is 0.665. The zero-order valence-corrected chi connectivity index (χ0v) is 17.5. The third-order valence-electron chi connectivity index (χ3n) is 5.58. The summed E-state index contributed by atoms with van der Waals surface area (Å²) >= 11 is 0. The third kappa shape index (κ3) is 4.30. The number of benzene rings is 2. The minimum atomic E-state index is -0.204. The van der Waals surface area contributed by atoms with Gasteiger partial charge in [0.05, 0.1) is 22.5 Å². The number of phenols is 1. The predicted molar refractivity (Wildman–Crippen MR) is 118 cm³/mol. The van der Waals surface area contributed by atoms with Crippen molar-refractivity contribution in [2.45, 2.75) is 25.7 Å². The molecule has 2 N–H and O–H groups in total. The van der Waals surface area contributed by atoms with E-state index in [1.54, 1.807) is 34.0 Å². The second kappa shape index (κ2) is 9.04. The van der Waals surface area contributed by atoms with Crippen LogP contribution in [0.4, 0.5) is 0 Å². The third-order valence-corrected chi connectivity index (χ3v) is 5.58. The number of carbonyl (C=O) groups is 2. The van der Waals surface area contributed by atoms with Crippen LogP contribution in [-0.4, -0.2) is 51.2 Å². The Morgan fingerprint density at radius 2 is 1.84 bits per heavy atom. The smallest absolute Gasteiger partial charge is 0.257 e. The molecule has 0 spiro atoms. The van der Waals surface area contributed by atoms with Crippen molar-refractivity contribution in [1.82, 2.24) is 20.0 Å². The number of aromatic hydroxyl groups is 1. The first kappa shape index (κ1) is 20.7. The van der Waals surface area contributed by atoms with Gasteiger partial charge >= 0.3 is 0 Å². The molecule has 0 bridgehead atoms. The molecule has 2 amide bonds. The number of phenolic OH excluding ortho intramolecular Hbond substituents is 1. The molecule has 0 saturated carbocycles. The van der Waals surface area contributed by atoms with Crippen LogP contribution in [0.1, 0.15) is 52.1 Å². The predicted octanol–water partition coefficient (Wildman–Crippen LogP) is 3.35. The topological polar surface area (TPSA) is 87.5 Å². The Kier molecular flexibility index (Phi) is 6.02. The highest BCUT2D eigenvalue weighted by atomic mass is 16.3. The van der Waals surface area contributed by atoms with Gasteiger partial charge in [0.15, 0.2) is 0 Å². The maximum Gasteiger partial charge on any atom is 0.257 e. The maximum absolute atomic E-state index is 13.0. The first-order valence-corrected chi connectivity index (χ1v) is 10.6. The summed E-state index contributed by atoms with van der Waals surface area (Å²) in [5.41, 5.74) is 2.40. The molecule has 160 valence electrons. The summed E-state index contributed by atoms with van der Waals surface area (Å²) in [7, 11) is 0. The van der Waals surface area contributed by atoms with E-state index in [0.29, 0.717) is 36.5 Å². The Morgan fingerprint density at radius 3 is 2.58 bits per heavy atom. The number of rotatable bonds is 5. The zero-order chi connectivity index (χ0) is 21.8. The minimum absolute atomic E-state index is 0.0222. The van der Waals surface area contributed by atoms with Gasteiger partial charge in [0, 0.05) is 31.7 Å². The summed E-state index contributed by atoms with van der Waals surface area (Å²) in [6, 6.07) is 16.2. The Labute approximate surface area is 181 Å². The molecule has 1 fully saturated rings. The highest BCUT2D eigenvalue weighted by Crippen LogP contribution is 2.31. The second-order valence-corrected chi connectivity index (χ2v) is 7.68. The summed E-state index contributed by atoms with van der Waals surface area (Å²) < 4.78 is 1.73. The van der Waals surface area contributed by atoms with E-state index in [2.05, 4.69) is 5.32 Å². The van der Waals surface area contributed by atoms with E-state index >= 15 is 0 Å². The number of hydrogen-bond donors (Lipinski definition) is 2. The van der Waals surface area contributed by atoms with Gasteiger partial charge in [-0.3, -0.25) is 9.59 Å². The van der Waals surface area contributed by atoms with Crippen LogP contribution in [0.25, 0.3) is 5.69 Å². The van der Waals surface area contributed by atoms with Crippen LogP contribution in [0.2, 0.25) is 0 Å². The number of aromatic nitrogens is 2. The van der Waals surface area contributed by atoms with E-state index in [9.17, 15) is 14.7 Å². The van der Waals surface area contributed by atoms with E-state index < -0.39 is 0 Å². The molecule has 1 saturated heterocycles. The van der Waals surface area contributed by atoms with E-state index in [-0.39, 0.29) is 23.5 Å². The Morgan fingerprint density at radius 1 is 1.10 bits per heavy atom. The molecule has 1 atom stereocenters. The van der Waals surface area contributed by atoms with Gasteiger partial charge in [-0.2, -0.15) is 5.10 Å². The molecular weight excluding hydrogens is 392 g/mol. The number of hydrogen-bond acceptors (Lipinski definition) is 4. The molecule has 1 aromatic heterocycles. The Hall–Kier alpha value is -3.61. The van der Waals surface area contributed by atoms with Gasteiger partial charge in [-0.25, -0.2) is 4.68 Å². The fraction of sp³-hybridized carbons (Fsp3) is 0.292. The molecule has 0 radical (unpaired) electrons. The summed E-state index contributed by atoms with van der Waals surface area (Å²) in [5, 5.41) is 17.7. The molecule has 4 rings (SSSR count). The number of piperidine rings is 1. The minimum Gasteiger partial charge on any atom is -0.507 e. The van der Waals surface area contributed by atoms with Crippen molar-refractivity contribution in [2.75, 3.05) is 19.6 Å². The van der Waals surface area contributed by atoms with Crippen LogP contribution in [0.3, 0.4) is 0 Å². The average molecular weight is 418 g/mol. The normalized spacial score (nSPS) is 16.2. The lowest BCUT2D eigenvalue weighted by atomic mass is 9.92. The van der Waals surface area contributed by atoms with Crippen LogP contribution in [0.5, 0.6) is 5.75 Å². The molecule has 7 nitrogen and oxygen atoms in total. The fourth-order valence-corrected chi connectivity index (χ4v) is 4.04. The number of amides is 2. The molecule has 2 heterocycles. The molecule has 1 aliphatic rings. The molecule has 2 aromatic carbocycles. The second-order valence-electron chi connectivity index (χ2n) is 7.68. The molecule has 1 aliphatic heterocycles. The first-order chi connectivity index (χ1) is 15.1. The van der Waals surface area contributed by atoms with Crippen molar-refractivity contribution in [3.63, 3.8) is 0 Å². The van der Waals surface area contributed by atoms with Gasteiger partial charge in [0.1, 0.15) is 5.75 Å². The summed E-state index contributed by atoms with van der Waals surface area (Å²) in [4.78, 5) is 27.5. The lowest BCUT2D eigenvalue weighted by Gasteiger charge is -2.32.